The van der Waals surface area contributed by atoms with Crippen molar-refractivity contribution in [1.82, 2.24) is 4.09 Å². The van der Waals surface area contributed by atoms with Gasteiger partial charge in [-0.05, 0) is 6.07 Å². The molecular formula is C6H6ClNO2. The molecule has 1 rings (SSSR count). The normalized spacial score (nSPS) is 9.40. The minimum absolute atomic E-state index is 0.291. The smallest absolute Gasteiger partial charge is 0.268 e. The van der Waals surface area contributed by atoms with Gasteiger partial charge in [0.25, 0.3) is 5.56 Å². The van der Waals surface area contributed by atoms with Gasteiger partial charge in [0.05, 0.1) is 7.11 Å². The van der Waals surface area contributed by atoms with E-state index in [2.05, 4.69) is 0 Å². The molecule has 0 unspecified atom stereocenters. The molecule has 54 valence electrons. The van der Waals surface area contributed by atoms with Crippen LogP contribution in [-0.2, 0) is 0 Å². The zero-order valence-corrected chi connectivity index (χ0v) is 6.13. The van der Waals surface area contributed by atoms with Crippen LogP contribution in [-0.4, -0.2) is 11.2 Å². The summed E-state index contributed by atoms with van der Waals surface area (Å²) in [7, 11) is 1.45. The van der Waals surface area contributed by atoms with Crippen molar-refractivity contribution in [2.24, 2.45) is 0 Å². The van der Waals surface area contributed by atoms with Crippen LogP contribution in [0.15, 0.2) is 23.0 Å². The number of hydrogen-bond donors (Lipinski definition) is 0. The van der Waals surface area contributed by atoms with Gasteiger partial charge >= 0.3 is 0 Å². The lowest BCUT2D eigenvalue weighted by Gasteiger charge is -2.00. The molecule has 0 bridgehead atoms. The van der Waals surface area contributed by atoms with Crippen molar-refractivity contribution >= 4 is 11.8 Å². The predicted molar refractivity (Wildman–Crippen MR) is 38.5 cm³/mol. The molecule has 0 fully saturated rings. The molecule has 0 atom stereocenters. The lowest BCUT2D eigenvalue weighted by molar-refractivity contribution is 0.391. The molecule has 0 aromatic carbocycles. The van der Waals surface area contributed by atoms with E-state index in [9.17, 15) is 4.79 Å². The zero-order chi connectivity index (χ0) is 7.56. The predicted octanol–water partition coefficient (Wildman–Crippen LogP) is 0.859. The van der Waals surface area contributed by atoms with Gasteiger partial charge in [-0.3, -0.25) is 4.79 Å². The summed E-state index contributed by atoms with van der Waals surface area (Å²) >= 11 is 5.47. The number of nitrogens with zero attached hydrogens (tertiary/aromatic N) is 1. The first-order valence-electron chi connectivity index (χ1n) is 2.68. The van der Waals surface area contributed by atoms with Crippen molar-refractivity contribution in [2.75, 3.05) is 7.11 Å². The fourth-order valence-electron chi connectivity index (χ4n) is 0.600. The molecule has 1 aromatic rings. The molecule has 0 aliphatic carbocycles. The number of pyridine rings is 1. The number of rotatable bonds is 1. The van der Waals surface area contributed by atoms with Crippen molar-refractivity contribution in [3.8, 4) is 5.88 Å². The van der Waals surface area contributed by atoms with Gasteiger partial charge in [0.1, 0.15) is 0 Å². The molecule has 1 aromatic heterocycles. The van der Waals surface area contributed by atoms with Crippen LogP contribution in [0, 0.1) is 0 Å². The molecule has 0 saturated carbocycles. The van der Waals surface area contributed by atoms with Crippen LogP contribution >= 0.6 is 11.8 Å². The third-order valence-electron chi connectivity index (χ3n) is 1.07. The summed E-state index contributed by atoms with van der Waals surface area (Å²) in [6.45, 7) is 0. The van der Waals surface area contributed by atoms with Gasteiger partial charge < -0.3 is 4.74 Å². The Morgan fingerprint density at radius 2 is 2.30 bits per heavy atom. The molecular weight excluding hydrogens is 154 g/mol. The second kappa shape index (κ2) is 2.75. The maximum Gasteiger partial charge on any atom is 0.268 e. The van der Waals surface area contributed by atoms with Gasteiger partial charge in [0.15, 0.2) is 0 Å². The summed E-state index contributed by atoms with van der Waals surface area (Å²) in [5.41, 5.74) is -0.291. The second-order valence-electron chi connectivity index (χ2n) is 1.69. The molecule has 3 nitrogen and oxygen atoms in total. The Hall–Kier alpha value is -0.960. The quantitative estimate of drug-likeness (QED) is 0.609. The van der Waals surface area contributed by atoms with E-state index in [0.717, 1.165) is 4.09 Å². The van der Waals surface area contributed by atoms with Gasteiger partial charge in [-0.2, -0.15) is 4.09 Å². The first kappa shape index (κ1) is 7.15. The standard InChI is InChI=1S/C6H6ClNO2/c1-10-6-4-2-3-5(9)8(6)7/h2-4H,1H3. The molecule has 10 heavy (non-hydrogen) atoms. The molecule has 0 spiro atoms. The fourth-order valence-corrected chi connectivity index (χ4v) is 0.782. The van der Waals surface area contributed by atoms with Crippen molar-refractivity contribution in [1.29, 1.82) is 0 Å². The Morgan fingerprint density at radius 3 is 2.80 bits per heavy atom. The molecule has 4 heteroatoms. The third kappa shape index (κ3) is 1.14. The van der Waals surface area contributed by atoms with E-state index in [-0.39, 0.29) is 5.56 Å². The monoisotopic (exact) mass is 159 g/mol. The van der Waals surface area contributed by atoms with Crippen molar-refractivity contribution < 1.29 is 4.74 Å². The van der Waals surface area contributed by atoms with Crippen LogP contribution in [0.3, 0.4) is 0 Å². The molecule has 0 aliphatic heterocycles. The van der Waals surface area contributed by atoms with Crippen LogP contribution in [0.1, 0.15) is 0 Å². The number of aromatic nitrogens is 1. The largest absolute Gasteiger partial charge is 0.481 e. The Kier molecular flexibility index (Phi) is 1.97. The average Bonchev–Trinajstić information content (AvgIpc) is 1.95. The van der Waals surface area contributed by atoms with E-state index >= 15 is 0 Å². The van der Waals surface area contributed by atoms with Crippen LogP contribution in [0.5, 0.6) is 5.88 Å². The molecule has 0 N–H and O–H groups in total. The van der Waals surface area contributed by atoms with Crippen molar-refractivity contribution in [3.05, 3.63) is 28.6 Å². The summed E-state index contributed by atoms with van der Waals surface area (Å²) in [6, 6.07) is 4.55. The van der Waals surface area contributed by atoms with Crippen LogP contribution in [0.2, 0.25) is 0 Å². The van der Waals surface area contributed by atoms with E-state index in [1.165, 1.54) is 13.2 Å². The highest BCUT2D eigenvalue weighted by Gasteiger charge is 1.97. The Morgan fingerprint density at radius 1 is 1.60 bits per heavy atom. The Bertz CT molecular complexity index is 281. The Balaban J connectivity index is 3.28. The number of halogens is 1. The first-order valence-corrected chi connectivity index (χ1v) is 3.01. The molecule has 0 radical (unpaired) electrons. The van der Waals surface area contributed by atoms with E-state index in [0.29, 0.717) is 5.88 Å². The van der Waals surface area contributed by atoms with Crippen LogP contribution in [0.25, 0.3) is 0 Å². The lowest BCUT2D eigenvalue weighted by Crippen LogP contribution is -2.11. The maximum atomic E-state index is 10.7. The summed E-state index contributed by atoms with van der Waals surface area (Å²) < 4.78 is 5.67. The van der Waals surface area contributed by atoms with Gasteiger partial charge in [-0.25, -0.2) is 0 Å². The van der Waals surface area contributed by atoms with Crippen LogP contribution < -0.4 is 10.3 Å². The Labute approximate surface area is 62.9 Å². The first-order chi connectivity index (χ1) is 4.75. The highest BCUT2D eigenvalue weighted by atomic mass is 35.5. The molecule has 0 amide bonds. The number of ether oxygens (including phenoxy) is 1. The van der Waals surface area contributed by atoms with Gasteiger partial charge in [-0.15, -0.1) is 0 Å². The second-order valence-corrected chi connectivity index (χ2v) is 2.03. The maximum absolute atomic E-state index is 10.7. The van der Waals surface area contributed by atoms with Gasteiger partial charge in [-0.1, -0.05) is 6.07 Å². The molecule has 1 heterocycles. The number of hydrogen-bond acceptors (Lipinski definition) is 2. The van der Waals surface area contributed by atoms with E-state index in [4.69, 9.17) is 16.5 Å². The summed E-state index contributed by atoms with van der Waals surface area (Å²) in [5.74, 6) is 0.342. The third-order valence-corrected chi connectivity index (χ3v) is 1.41. The topological polar surface area (TPSA) is 31.2 Å². The summed E-state index contributed by atoms with van der Waals surface area (Å²) in [4.78, 5) is 10.7. The minimum atomic E-state index is -0.291. The van der Waals surface area contributed by atoms with Gasteiger partial charge in [0, 0.05) is 17.8 Å². The minimum Gasteiger partial charge on any atom is -0.481 e. The van der Waals surface area contributed by atoms with Gasteiger partial charge in [0.2, 0.25) is 5.88 Å². The fraction of sp³-hybridized carbons (Fsp3) is 0.167. The summed E-state index contributed by atoms with van der Waals surface area (Å²) in [6.07, 6.45) is 0. The van der Waals surface area contributed by atoms with Crippen molar-refractivity contribution in [3.63, 3.8) is 0 Å². The van der Waals surface area contributed by atoms with E-state index in [1.807, 2.05) is 0 Å². The molecule has 0 saturated heterocycles. The lowest BCUT2D eigenvalue weighted by atomic mass is 10.5. The van der Waals surface area contributed by atoms with Crippen molar-refractivity contribution in [2.45, 2.75) is 0 Å². The van der Waals surface area contributed by atoms with Crippen LogP contribution in [0.4, 0.5) is 0 Å². The number of methoxy groups -OCH3 is 1. The van der Waals surface area contributed by atoms with E-state index < -0.39 is 0 Å². The zero-order valence-electron chi connectivity index (χ0n) is 5.37. The summed E-state index contributed by atoms with van der Waals surface area (Å²) in [5, 5.41) is 0. The SMILES string of the molecule is COc1cccc(=O)n1Cl. The average molecular weight is 160 g/mol. The molecule has 0 aliphatic rings. The van der Waals surface area contributed by atoms with E-state index in [1.54, 1.807) is 12.1 Å². The highest BCUT2D eigenvalue weighted by Crippen LogP contribution is 2.06. The highest BCUT2D eigenvalue weighted by molar-refractivity contribution is 6.15.